The Hall–Kier alpha value is -0.930. The summed E-state index contributed by atoms with van der Waals surface area (Å²) >= 11 is 0. The van der Waals surface area contributed by atoms with Crippen molar-refractivity contribution >= 4 is 5.91 Å². The van der Waals surface area contributed by atoms with E-state index in [1.54, 1.807) is 0 Å². The first-order valence-electron chi connectivity index (χ1n) is 9.31. The lowest BCUT2D eigenvalue weighted by atomic mass is 10.0. The molecule has 1 unspecified atom stereocenters. The van der Waals surface area contributed by atoms with Crippen molar-refractivity contribution < 1.29 is 4.79 Å². The van der Waals surface area contributed by atoms with Crippen LogP contribution in [0.15, 0.2) is 5.11 Å². The van der Waals surface area contributed by atoms with Crippen molar-refractivity contribution in [3.63, 3.8) is 0 Å². The summed E-state index contributed by atoms with van der Waals surface area (Å²) in [4.78, 5) is 10.6. The molecule has 0 rings (SSSR count). The highest BCUT2D eigenvalue weighted by atomic mass is 16.1. The molecule has 0 aliphatic rings. The van der Waals surface area contributed by atoms with Crippen molar-refractivity contribution in [1.29, 1.82) is 5.53 Å². The fourth-order valence-corrected chi connectivity index (χ4v) is 2.75. The maximum Gasteiger partial charge on any atom is 0.217 e. The molecule has 0 aliphatic carbocycles. The number of hydrogen-bond donors (Lipinski definition) is 2. The van der Waals surface area contributed by atoms with Crippen LogP contribution in [0, 0.1) is 5.53 Å². The third-order valence-electron chi connectivity index (χ3n) is 4.27. The molecule has 3 N–H and O–H groups in total. The zero-order chi connectivity index (χ0) is 16.5. The molecule has 4 heteroatoms. The van der Waals surface area contributed by atoms with Gasteiger partial charge in [-0.3, -0.25) is 4.79 Å². The van der Waals surface area contributed by atoms with Crippen LogP contribution in [0.1, 0.15) is 103 Å². The van der Waals surface area contributed by atoms with E-state index in [0.717, 1.165) is 19.3 Å². The average molecular weight is 312 g/mol. The summed E-state index contributed by atoms with van der Waals surface area (Å²) < 4.78 is 0. The largest absolute Gasteiger partial charge is 0.370 e. The molecule has 0 bridgehead atoms. The van der Waals surface area contributed by atoms with Crippen molar-refractivity contribution in [2.24, 2.45) is 10.8 Å². The number of rotatable bonds is 17. The Balaban J connectivity index is 3.02. The Morgan fingerprint density at radius 2 is 1.18 bits per heavy atom. The van der Waals surface area contributed by atoms with E-state index in [0.29, 0.717) is 6.42 Å². The van der Waals surface area contributed by atoms with Crippen LogP contribution in [-0.2, 0) is 4.79 Å². The average Bonchev–Trinajstić information content (AvgIpc) is 2.50. The second-order valence-electron chi connectivity index (χ2n) is 6.58. The fraction of sp³-hybridized carbons (Fsp3) is 0.944. The van der Waals surface area contributed by atoms with E-state index >= 15 is 0 Å². The Morgan fingerprint density at radius 1 is 0.818 bits per heavy atom. The number of carbonyl (C=O) groups excluding carboxylic acids is 1. The molecule has 0 heterocycles. The van der Waals surface area contributed by atoms with Gasteiger partial charge in [0.1, 0.15) is 0 Å². The number of carbonyl (C=O) groups is 1. The molecule has 0 aliphatic heterocycles. The molecule has 0 fully saturated rings. The van der Waals surface area contributed by atoms with Crippen molar-refractivity contribution in [1.82, 2.24) is 0 Å². The monoisotopic (exact) mass is 311 g/mol. The van der Waals surface area contributed by atoms with Gasteiger partial charge in [-0.25, -0.2) is 5.53 Å². The summed E-state index contributed by atoms with van der Waals surface area (Å²) in [6.07, 6.45) is 18.3. The van der Waals surface area contributed by atoms with Gasteiger partial charge < -0.3 is 5.73 Å². The van der Waals surface area contributed by atoms with E-state index in [1.165, 1.54) is 70.6 Å². The minimum atomic E-state index is -0.166. The van der Waals surface area contributed by atoms with Crippen molar-refractivity contribution in [2.45, 2.75) is 109 Å². The summed E-state index contributed by atoms with van der Waals surface area (Å²) in [5.74, 6) is -0.166. The zero-order valence-electron chi connectivity index (χ0n) is 14.6. The second kappa shape index (κ2) is 16.4. The van der Waals surface area contributed by atoms with E-state index in [9.17, 15) is 4.79 Å². The van der Waals surface area contributed by atoms with Gasteiger partial charge in [-0.1, -0.05) is 77.0 Å². The number of nitrogens with one attached hydrogen (secondary N) is 1. The van der Waals surface area contributed by atoms with Gasteiger partial charge in [0, 0.05) is 6.42 Å². The smallest absolute Gasteiger partial charge is 0.217 e. The molecule has 1 atom stereocenters. The number of amides is 1. The number of primary amides is 1. The first-order valence-corrected chi connectivity index (χ1v) is 9.31. The highest BCUT2D eigenvalue weighted by Gasteiger charge is 1.98. The molecule has 0 spiro atoms. The topological polar surface area (TPSA) is 79.3 Å². The van der Waals surface area contributed by atoms with E-state index in [1.807, 2.05) is 6.92 Å². The molecule has 130 valence electrons. The van der Waals surface area contributed by atoms with E-state index < -0.39 is 0 Å². The SMILES string of the molecule is CC(CCCCCCCCCCCCCCCC(N)=O)N=N. The summed E-state index contributed by atoms with van der Waals surface area (Å²) in [7, 11) is 0. The van der Waals surface area contributed by atoms with Crippen LogP contribution in [0.5, 0.6) is 0 Å². The van der Waals surface area contributed by atoms with Crippen LogP contribution in [0.2, 0.25) is 0 Å². The Kier molecular flexibility index (Phi) is 15.7. The standard InChI is InChI=1S/C18H37N3O/c1-17(21-20)15-13-11-9-7-5-3-2-4-6-8-10-12-14-16-18(19)22/h17,20H,2-16H2,1H3,(H2,19,22). The van der Waals surface area contributed by atoms with Crippen molar-refractivity contribution in [3.05, 3.63) is 0 Å². The summed E-state index contributed by atoms with van der Waals surface area (Å²) in [5, 5.41) is 3.52. The molecule has 0 saturated carbocycles. The van der Waals surface area contributed by atoms with Gasteiger partial charge in [0.05, 0.1) is 6.04 Å². The fourth-order valence-electron chi connectivity index (χ4n) is 2.75. The molecule has 1 amide bonds. The van der Waals surface area contributed by atoms with Crippen LogP contribution in [0.25, 0.3) is 0 Å². The number of unbranched alkanes of at least 4 members (excludes halogenated alkanes) is 12. The number of hydrogen-bond acceptors (Lipinski definition) is 3. The predicted octanol–water partition coefficient (Wildman–Crippen LogP) is 5.74. The van der Waals surface area contributed by atoms with Gasteiger partial charge in [-0.05, 0) is 19.8 Å². The second-order valence-corrected chi connectivity index (χ2v) is 6.58. The lowest BCUT2D eigenvalue weighted by molar-refractivity contribution is -0.118. The van der Waals surface area contributed by atoms with E-state index in [-0.39, 0.29) is 11.9 Å². The molecule has 0 saturated heterocycles. The van der Waals surface area contributed by atoms with Gasteiger partial charge in [0.2, 0.25) is 5.91 Å². The minimum Gasteiger partial charge on any atom is -0.370 e. The Labute approximate surface area is 137 Å². The molecule has 0 aromatic carbocycles. The predicted molar refractivity (Wildman–Crippen MR) is 93.1 cm³/mol. The highest BCUT2D eigenvalue weighted by molar-refractivity contribution is 5.73. The van der Waals surface area contributed by atoms with Crippen molar-refractivity contribution in [3.8, 4) is 0 Å². The third-order valence-corrected chi connectivity index (χ3v) is 4.27. The minimum absolute atomic E-state index is 0.166. The maximum atomic E-state index is 10.6. The quantitative estimate of drug-likeness (QED) is 0.260. The molecule has 0 aromatic rings. The molecule has 4 nitrogen and oxygen atoms in total. The third kappa shape index (κ3) is 17.1. The van der Waals surface area contributed by atoms with Gasteiger partial charge in [0.15, 0.2) is 0 Å². The van der Waals surface area contributed by atoms with Crippen LogP contribution < -0.4 is 5.73 Å². The molecule has 22 heavy (non-hydrogen) atoms. The Bertz CT molecular complexity index is 269. The van der Waals surface area contributed by atoms with Crippen LogP contribution >= 0.6 is 0 Å². The first kappa shape index (κ1) is 21.1. The molecular formula is C18H37N3O. The molecule has 0 radical (unpaired) electrons. The van der Waals surface area contributed by atoms with Gasteiger partial charge in [0.25, 0.3) is 0 Å². The van der Waals surface area contributed by atoms with Gasteiger partial charge >= 0.3 is 0 Å². The van der Waals surface area contributed by atoms with Crippen molar-refractivity contribution in [2.75, 3.05) is 0 Å². The molecular weight excluding hydrogens is 274 g/mol. The summed E-state index contributed by atoms with van der Waals surface area (Å²) in [6.45, 7) is 2.02. The van der Waals surface area contributed by atoms with E-state index in [4.69, 9.17) is 11.3 Å². The van der Waals surface area contributed by atoms with E-state index in [2.05, 4.69) is 5.11 Å². The lowest BCUT2D eigenvalue weighted by Crippen LogP contribution is -2.09. The summed E-state index contributed by atoms with van der Waals surface area (Å²) in [6, 6.07) is 0.218. The number of nitrogens with zero attached hydrogens (tertiary/aromatic N) is 1. The number of nitrogens with two attached hydrogens (primary N) is 1. The van der Waals surface area contributed by atoms with Crippen LogP contribution in [0.4, 0.5) is 0 Å². The summed E-state index contributed by atoms with van der Waals surface area (Å²) in [5.41, 5.74) is 12.0. The lowest BCUT2D eigenvalue weighted by Gasteiger charge is -2.04. The van der Waals surface area contributed by atoms with Gasteiger partial charge in [-0.15, -0.1) is 0 Å². The highest BCUT2D eigenvalue weighted by Crippen LogP contribution is 2.14. The van der Waals surface area contributed by atoms with Gasteiger partial charge in [-0.2, -0.15) is 5.11 Å². The first-order chi connectivity index (χ1) is 10.7. The van der Waals surface area contributed by atoms with Crippen LogP contribution in [-0.4, -0.2) is 11.9 Å². The molecule has 0 aromatic heterocycles. The normalized spacial score (nSPS) is 12.2. The Morgan fingerprint density at radius 3 is 1.55 bits per heavy atom. The zero-order valence-corrected chi connectivity index (χ0v) is 14.6. The maximum absolute atomic E-state index is 10.6. The van der Waals surface area contributed by atoms with Crippen LogP contribution in [0.3, 0.4) is 0 Å².